The number of nitrogens with zero attached hydrogens (tertiary/aromatic N) is 2. The fraction of sp³-hybridized carbons (Fsp3) is 0.375. The van der Waals surface area contributed by atoms with Gasteiger partial charge < -0.3 is 9.52 Å². The number of para-hydroxylation sites is 1. The van der Waals surface area contributed by atoms with E-state index in [9.17, 15) is 9.90 Å². The minimum atomic E-state index is -0.987. The Kier molecular flexibility index (Phi) is 4.61. The first-order valence-electron chi connectivity index (χ1n) is 6.92. The Labute approximate surface area is 123 Å². The molecular formula is C16H18N2O3. The summed E-state index contributed by atoms with van der Waals surface area (Å²) >= 11 is 0. The maximum absolute atomic E-state index is 11.5. The van der Waals surface area contributed by atoms with Gasteiger partial charge in [-0.1, -0.05) is 25.1 Å². The molecule has 2 rings (SSSR count). The summed E-state index contributed by atoms with van der Waals surface area (Å²) in [5, 5.41) is 19.0. The molecule has 0 saturated heterocycles. The lowest BCUT2D eigenvalue weighted by Crippen LogP contribution is -2.28. The summed E-state index contributed by atoms with van der Waals surface area (Å²) in [5.41, 5.74) is 0.794. The van der Waals surface area contributed by atoms with E-state index in [1.54, 1.807) is 18.2 Å². The Bertz CT molecular complexity index is 684. The van der Waals surface area contributed by atoms with Crippen molar-refractivity contribution < 1.29 is 14.3 Å². The third kappa shape index (κ3) is 3.23. The lowest BCUT2D eigenvalue weighted by Gasteiger charge is -2.20. The molecule has 1 unspecified atom stereocenters. The lowest BCUT2D eigenvalue weighted by atomic mass is 10.1. The fourth-order valence-corrected chi connectivity index (χ4v) is 2.38. The third-order valence-electron chi connectivity index (χ3n) is 3.45. The van der Waals surface area contributed by atoms with Crippen molar-refractivity contribution in [2.45, 2.75) is 20.4 Å². The number of aromatic carboxylic acids is 1. The largest absolute Gasteiger partial charge is 0.478 e. The molecule has 2 aromatic rings. The van der Waals surface area contributed by atoms with Gasteiger partial charge in [-0.2, -0.15) is 5.26 Å². The molecule has 5 nitrogen and oxygen atoms in total. The smallest absolute Gasteiger partial charge is 0.339 e. The van der Waals surface area contributed by atoms with Crippen LogP contribution in [-0.2, 0) is 6.54 Å². The molecule has 0 radical (unpaired) electrons. The van der Waals surface area contributed by atoms with E-state index in [1.165, 1.54) is 0 Å². The molecule has 1 N–H and O–H groups in total. The molecule has 21 heavy (non-hydrogen) atoms. The van der Waals surface area contributed by atoms with Crippen LogP contribution in [0.25, 0.3) is 11.0 Å². The third-order valence-corrected chi connectivity index (χ3v) is 3.45. The van der Waals surface area contributed by atoms with Crippen LogP contribution in [0.2, 0.25) is 0 Å². The van der Waals surface area contributed by atoms with Crippen LogP contribution in [0, 0.1) is 17.2 Å². The minimum absolute atomic E-state index is 0.109. The van der Waals surface area contributed by atoms with Gasteiger partial charge in [0.15, 0.2) is 0 Å². The number of hydrogen-bond donors (Lipinski definition) is 1. The lowest BCUT2D eigenvalue weighted by molar-refractivity contribution is 0.0694. The minimum Gasteiger partial charge on any atom is -0.478 e. The highest BCUT2D eigenvalue weighted by Crippen LogP contribution is 2.27. The van der Waals surface area contributed by atoms with Gasteiger partial charge in [-0.3, -0.25) is 4.90 Å². The standard InChI is InChI=1S/C16H18N2O3/c1-3-18(9-11(2)8-17)10-14-15(16(19)20)12-6-4-5-7-13(12)21-14/h4-7,11H,3,9-10H2,1-2H3,(H,19,20). The van der Waals surface area contributed by atoms with Gasteiger partial charge in [0.25, 0.3) is 0 Å². The summed E-state index contributed by atoms with van der Waals surface area (Å²) in [4.78, 5) is 13.5. The van der Waals surface area contributed by atoms with E-state index in [-0.39, 0.29) is 11.5 Å². The number of carboxylic acid groups (broad SMARTS) is 1. The molecule has 1 aromatic heterocycles. The van der Waals surface area contributed by atoms with Crippen molar-refractivity contribution in [1.29, 1.82) is 5.26 Å². The molecule has 0 aliphatic carbocycles. The van der Waals surface area contributed by atoms with Gasteiger partial charge in [0.1, 0.15) is 16.9 Å². The van der Waals surface area contributed by atoms with Crippen molar-refractivity contribution >= 4 is 16.9 Å². The number of hydrogen-bond acceptors (Lipinski definition) is 4. The fourth-order valence-electron chi connectivity index (χ4n) is 2.38. The first kappa shape index (κ1) is 15.1. The van der Waals surface area contributed by atoms with Crippen LogP contribution in [-0.4, -0.2) is 29.1 Å². The van der Waals surface area contributed by atoms with E-state index in [2.05, 4.69) is 6.07 Å². The summed E-state index contributed by atoms with van der Waals surface area (Å²) in [6.07, 6.45) is 0. The summed E-state index contributed by atoms with van der Waals surface area (Å²) in [6, 6.07) is 9.32. The molecule has 1 heterocycles. The monoisotopic (exact) mass is 286 g/mol. The Morgan fingerprint density at radius 3 is 2.81 bits per heavy atom. The second-order valence-electron chi connectivity index (χ2n) is 5.06. The van der Waals surface area contributed by atoms with Crippen molar-refractivity contribution in [2.75, 3.05) is 13.1 Å². The highest BCUT2D eigenvalue weighted by Gasteiger charge is 2.22. The van der Waals surface area contributed by atoms with Gasteiger partial charge in [0.2, 0.25) is 0 Å². The Morgan fingerprint density at radius 2 is 2.19 bits per heavy atom. The van der Waals surface area contributed by atoms with Crippen LogP contribution in [0.5, 0.6) is 0 Å². The number of nitriles is 1. The maximum Gasteiger partial charge on any atom is 0.339 e. The molecular weight excluding hydrogens is 268 g/mol. The Balaban J connectivity index is 2.35. The van der Waals surface area contributed by atoms with E-state index in [0.29, 0.717) is 29.8 Å². The molecule has 5 heteroatoms. The van der Waals surface area contributed by atoms with Crippen molar-refractivity contribution in [1.82, 2.24) is 4.90 Å². The van der Waals surface area contributed by atoms with Gasteiger partial charge in [-0.15, -0.1) is 0 Å². The molecule has 1 atom stereocenters. The summed E-state index contributed by atoms with van der Waals surface area (Å²) in [7, 11) is 0. The Morgan fingerprint density at radius 1 is 1.48 bits per heavy atom. The van der Waals surface area contributed by atoms with Gasteiger partial charge in [0.05, 0.1) is 18.5 Å². The second-order valence-corrected chi connectivity index (χ2v) is 5.06. The van der Waals surface area contributed by atoms with Gasteiger partial charge in [0, 0.05) is 11.9 Å². The molecule has 0 saturated carbocycles. The predicted molar refractivity (Wildman–Crippen MR) is 78.9 cm³/mol. The number of carbonyl (C=O) groups is 1. The van der Waals surface area contributed by atoms with Gasteiger partial charge in [-0.05, 0) is 19.5 Å². The molecule has 0 aliphatic heterocycles. The van der Waals surface area contributed by atoms with Crippen LogP contribution in [0.15, 0.2) is 28.7 Å². The van der Waals surface area contributed by atoms with Crippen LogP contribution in [0.3, 0.4) is 0 Å². The Hall–Kier alpha value is -2.32. The average Bonchev–Trinajstić information content (AvgIpc) is 2.84. The highest BCUT2D eigenvalue weighted by atomic mass is 16.4. The number of furan rings is 1. The van der Waals surface area contributed by atoms with Crippen molar-refractivity contribution in [2.24, 2.45) is 5.92 Å². The van der Waals surface area contributed by atoms with E-state index in [1.807, 2.05) is 24.8 Å². The normalized spacial score (nSPS) is 12.5. The molecule has 0 amide bonds. The molecule has 0 spiro atoms. The number of carboxylic acids is 1. The van der Waals surface area contributed by atoms with Crippen LogP contribution < -0.4 is 0 Å². The van der Waals surface area contributed by atoms with Gasteiger partial charge in [-0.25, -0.2) is 4.79 Å². The topological polar surface area (TPSA) is 77.5 Å². The second kappa shape index (κ2) is 6.42. The first-order chi connectivity index (χ1) is 10.1. The molecule has 0 bridgehead atoms. The predicted octanol–water partition coefficient (Wildman–Crippen LogP) is 3.11. The molecule has 0 fully saturated rings. The number of rotatable bonds is 6. The highest BCUT2D eigenvalue weighted by molar-refractivity contribution is 6.03. The maximum atomic E-state index is 11.5. The van der Waals surface area contributed by atoms with Crippen molar-refractivity contribution in [3.63, 3.8) is 0 Å². The van der Waals surface area contributed by atoms with Crippen molar-refractivity contribution in [3.8, 4) is 6.07 Å². The van der Waals surface area contributed by atoms with Crippen molar-refractivity contribution in [3.05, 3.63) is 35.6 Å². The molecule has 0 aliphatic rings. The zero-order chi connectivity index (χ0) is 15.4. The molecule has 110 valence electrons. The first-order valence-corrected chi connectivity index (χ1v) is 6.92. The van der Waals surface area contributed by atoms with E-state index in [0.717, 1.165) is 6.54 Å². The summed E-state index contributed by atoms with van der Waals surface area (Å²) < 4.78 is 5.70. The number of benzene rings is 1. The van der Waals surface area contributed by atoms with Gasteiger partial charge >= 0.3 is 5.97 Å². The summed E-state index contributed by atoms with van der Waals surface area (Å²) in [5.74, 6) is -0.655. The molecule has 1 aromatic carbocycles. The summed E-state index contributed by atoms with van der Waals surface area (Å²) in [6.45, 7) is 5.52. The average molecular weight is 286 g/mol. The van der Waals surface area contributed by atoms with E-state index >= 15 is 0 Å². The number of fused-ring (bicyclic) bond motifs is 1. The SMILES string of the molecule is CCN(Cc1oc2ccccc2c1C(=O)O)CC(C)C#N. The van der Waals surface area contributed by atoms with Crippen LogP contribution >= 0.6 is 0 Å². The van der Waals surface area contributed by atoms with E-state index < -0.39 is 5.97 Å². The quantitative estimate of drug-likeness (QED) is 0.882. The van der Waals surface area contributed by atoms with E-state index in [4.69, 9.17) is 9.68 Å². The zero-order valence-electron chi connectivity index (χ0n) is 12.2. The van der Waals surface area contributed by atoms with Crippen LogP contribution in [0.1, 0.15) is 30.0 Å². The van der Waals surface area contributed by atoms with Crippen LogP contribution in [0.4, 0.5) is 0 Å². The zero-order valence-corrected chi connectivity index (χ0v) is 12.2.